The second kappa shape index (κ2) is 85.8. The Bertz CT molecular complexity index is 2170. The Labute approximate surface area is 716 Å². The molecule has 0 bridgehead atoms. The molecule has 6 nitrogen and oxygen atoms in total. The summed E-state index contributed by atoms with van der Waals surface area (Å²) in [6.45, 7) is 135. The predicted octanol–water partition coefficient (Wildman–Crippen LogP) is 36.6. The van der Waals surface area contributed by atoms with Crippen molar-refractivity contribution >= 4 is 37.3 Å². The zero-order chi connectivity index (χ0) is 95.0. The third-order valence-corrected chi connectivity index (χ3v) is 12.2. The molecule has 0 amide bonds. The van der Waals surface area contributed by atoms with E-state index in [-0.39, 0.29) is 54.9 Å². The topological polar surface area (TPSA) is 55.5 Å². The molecule has 0 aromatic heterocycles. The zero-order valence-corrected chi connectivity index (χ0v) is 90.5. The summed E-state index contributed by atoms with van der Waals surface area (Å²) in [5.74, 6) is 0.942. The Balaban J connectivity index is -0.0000000612. The van der Waals surface area contributed by atoms with Crippen molar-refractivity contribution in [3.8, 4) is 0 Å². The lowest BCUT2D eigenvalue weighted by Gasteiger charge is -2.44. The largest absolute Gasteiger partial charge is 0.287 e. The van der Waals surface area contributed by atoms with Crippen molar-refractivity contribution in [2.24, 2.45) is 52.5 Å². The summed E-state index contributed by atoms with van der Waals surface area (Å²) >= 11 is 0. The maximum atomic E-state index is 4.39. The second-order valence-corrected chi connectivity index (χ2v) is 35.4. The fourth-order valence-electron chi connectivity index (χ4n) is 7.34. The second-order valence-electron chi connectivity index (χ2n) is 35.4. The molecule has 0 aliphatic heterocycles. The molecule has 112 heavy (non-hydrogen) atoms. The van der Waals surface area contributed by atoms with Gasteiger partial charge >= 0.3 is 0 Å². The lowest BCUT2D eigenvalue weighted by molar-refractivity contribution is -0.565. The van der Waals surface area contributed by atoms with E-state index in [0.29, 0.717) is 22.7 Å². The number of hydrogen-bond donors (Lipinski definition) is 0. The van der Waals surface area contributed by atoms with Gasteiger partial charge in [0.15, 0.2) is 23.5 Å². The van der Waals surface area contributed by atoms with Crippen LogP contribution in [-0.2, 0) is 0 Å². The van der Waals surface area contributed by atoms with E-state index >= 15 is 0 Å². The van der Waals surface area contributed by atoms with Crippen LogP contribution >= 0.6 is 0 Å². The molecular weight excluding hydrogens is 1360 g/mol. The first-order valence-corrected chi connectivity index (χ1v) is 45.3. The van der Waals surface area contributed by atoms with E-state index in [0.717, 1.165) is 0 Å². The van der Waals surface area contributed by atoms with Gasteiger partial charge in [0.2, 0.25) is 0 Å². The van der Waals surface area contributed by atoms with Gasteiger partial charge in [-0.15, -0.1) is 0 Å². The average Bonchev–Trinajstić information content (AvgIpc) is 0.731. The molecule has 2 aromatic carbocycles. The van der Waals surface area contributed by atoms with Crippen LogP contribution in [0, 0.1) is 32.5 Å². The molecule has 0 unspecified atom stereocenters. The predicted molar refractivity (Wildman–Crippen MR) is 546 cm³/mol. The van der Waals surface area contributed by atoms with Gasteiger partial charge in [-0.1, -0.05) is 403 Å². The molecule has 2 aromatic rings. The highest BCUT2D eigenvalue weighted by Crippen LogP contribution is 2.54. The molecule has 1 aliphatic carbocycles. The fraction of sp³-hybridized carbons (Fsp3) is 0.755. The summed E-state index contributed by atoms with van der Waals surface area (Å²) in [5.41, 5.74) is 8.09. The van der Waals surface area contributed by atoms with Crippen molar-refractivity contribution in [2.45, 2.75) is 488 Å². The number of allylic oxidation sites excluding steroid dienone is 8. The summed E-state index contributed by atoms with van der Waals surface area (Å²) in [4.78, 5) is 17.3. The minimum absolute atomic E-state index is 0.00387. The summed E-state index contributed by atoms with van der Waals surface area (Å²) in [7, 11) is 4.17. The minimum Gasteiger partial charge on any atom is -0.287 e. The van der Waals surface area contributed by atoms with E-state index in [1.165, 1.54) is 22.3 Å². The quantitative estimate of drug-likeness (QED) is 0.163. The van der Waals surface area contributed by atoms with Gasteiger partial charge in [0.1, 0.15) is 14.1 Å². The Morgan fingerprint density at radius 1 is 0.223 bits per heavy atom. The maximum absolute atomic E-state index is 4.39. The first-order chi connectivity index (χ1) is 51.1. The average molecular weight is 1580 g/mol. The molecule has 674 valence electrons. The third-order valence-electron chi connectivity index (χ3n) is 12.2. The van der Waals surface area contributed by atoms with Crippen LogP contribution in [0.3, 0.4) is 0 Å². The van der Waals surface area contributed by atoms with Crippen LogP contribution < -0.4 is 0 Å². The van der Waals surface area contributed by atoms with Crippen molar-refractivity contribution in [3.63, 3.8) is 0 Å². The van der Waals surface area contributed by atoms with Gasteiger partial charge in [0, 0.05) is 30.5 Å². The molecule has 0 spiro atoms. The summed E-state index contributed by atoms with van der Waals surface area (Å²) in [5, 5.41) is 0. The Kier molecular flexibility index (Phi) is 114. The van der Waals surface area contributed by atoms with Crippen LogP contribution in [0.5, 0.6) is 0 Å². The van der Waals surface area contributed by atoms with Gasteiger partial charge in [-0.05, 0) is 192 Å². The van der Waals surface area contributed by atoms with Crippen LogP contribution in [0.25, 0.3) is 0 Å². The van der Waals surface area contributed by atoms with E-state index in [9.17, 15) is 0 Å². The highest BCUT2D eigenvalue weighted by atomic mass is 15.0. The normalized spacial score (nSPS) is 13.3. The SMILES string of the molecule is CC.CC.CC.CC.CC.CC.CC.CC.CC.CC.CC.CC.CC.CC.CC(C)(C)/C=C\C=C/C(C)(C)C.CC(C)(C)/C=C\C=NC(C)(C)C.CC(C)(C)C1c2ccccc2C(C(C)(C)C)c2ccccc21.CC(C)(C)N=CC=NC(C)(C)C.C[N+](=C/C=C\C(C)(C)C)C(C)(C)C.C[N+](=CC=NC(C)(C)C)C(C)(C)C. The van der Waals surface area contributed by atoms with Gasteiger partial charge in [0.05, 0.1) is 28.4 Å². The van der Waals surface area contributed by atoms with E-state index in [1.807, 2.05) is 219 Å². The highest BCUT2D eigenvalue weighted by Gasteiger charge is 2.41. The maximum Gasteiger partial charge on any atom is 0.181 e. The first-order valence-electron chi connectivity index (χ1n) is 45.3. The third kappa shape index (κ3) is 119. The van der Waals surface area contributed by atoms with Crippen LogP contribution in [0.1, 0.15) is 477 Å². The fourth-order valence-corrected chi connectivity index (χ4v) is 7.34. The first kappa shape index (κ1) is 149. The lowest BCUT2D eigenvalue weighted by Crippen LogP contribution is -2.31. The summed E-state index contributed by atoms with van der Waals surface area (Å²) in [6.07, 6.45) is 28.7. The Hall–Kier alpha value is -4.58. The Morgan fingerprint density at radius 2 is 0.393 bits per heavy atom. The Morgan fingerprint density at radius 3 is 0.571 bits per heavy atom. The van der Waals surface area contributed by atoms with Gasteiger partial charge in [-0.2, -0.15) is 0 Å². The lowest BCUT2D eigenvalue weighted by atomic mass is 9.59. The van der Waals surface area contributed by atoms with E-state index in [1.54, 1.807) is 12.4 Å². The summed E-state index contributed by atoms with van der Waals surface area (Å²) < 4.78 is 4.37. The molecular formula is C106H222N6+2. The van der Waals surface area contributed by atoms with Gasteiger partial charge < -0.3 is 0 Å². The van der Waals surface area contributed by atoms with E-state index in [4.69, 9.17) is 0 Å². The number of rotatable bonds is 5. The number of fused-ring (bicyclic) bond motifs is 2. The van der Waals surface area contributed by atoms with Gasteiger partial charge in [-0.3, -0.25) is 20.0 Å². The standard InChI is InChI=1S/C22H28.C12H24N.C12H22.C11H23N2.C11H21N.C10H20N2.14C2H6/c1-21(2,3)19-15-11-7-9-13-17(15)20(22(4,5)6)18-14-10-8-12-16(18)19;1-11(2,3)9-8-10-13(7)12(4,5)6;1-11(2,3)9-7-8-10-12(4,5)6;1-10(2,3)12-8-9-13(7)11(4,5)6;1-10(2,3)8-7-9-12-11(4,5)6;1-9(2,3)11-7-8-12-10(4,5)6;14*1-2/h7-14,19-20H,1-6H3;8-10H,1-7H3;7-10H,1-6H3;8-9H,1-7H3;7-9H,1-6H3;7-8H,1-6H3;14*1-2H3/q;+1;;+1;;;;;;;;;;;;;;;;/b;9-8-,13-10?;9-7-,10-8-;;8-7-,12-9?;;;;;;;;;;;;;;;. The molecule has 0 N–H and O–H groups in total. The van der Waals surface area contributed by atoms with Crippen LogP contribution in [0.4, 0.5) is 0 Å². The van der Waals surface area contributed by atoms with Gasteiger partial charge in [0.25, 0.3) is 0 Å². The van der Waals surface area contributed by atoms with Crippen molar-refractivity contribution in [3.05, 3.63) is 119 Å². The van der Waals surface area contributed by atoms with Crippen molar-refractivity contribution < 1.29 is 9.15 Å². The van der Waals surface area contributed by atoms with Crippen LogP contribution in [0.2, 0.25) is 0 Å². The molecule has 1 aliphatic rings. The molecule has 0 heterocycles. The molecule has 0 atom stereocenters. The molecule has 0 radical (unpaired) electrons. The van der Waals surface area contributed by atoms with Crippen molar-refractivity contribution in [1.82, 2.24) is 0 Å². The van der Waals surface area contributed by atoms with E-state index in [2.05, 4.69) is 390 Å². The van der Waals surface area contributed by atoms with E-state index < -0.39 is 0 Å². The van der Waals surface area contributed by atoms with Gasteiger partial charge in [-0.25, -0.2) is 9.15 Å². The highest BCUT2D eigenvalue weighted by molar-refractivity contribution is 6.16. The van der Waals surface area contributed by atoms with Crippen LogP contribution in [0.15, 0.2) is 117 Å². The monoisotopic (exact) mass is 1580 g/mol. The van der Waals surface area contributed by atoms with Crippen LogP contribution in [-0.4, -0.2) is 93.8 Å². The molecule has 3 rings (SSSR count). The number of benzene rings is 2. The van der Waals surface area contributed by atoms with Crippen molar-refractivity contribution in [1.29, 1.82) is 0 Å². The summed E-state index contributed by atoms with van der Waals surface area (Å²) in [6, 6.07) is 18.2. The number of hydrogen-bond acceptors (Lipinski definition) is 4. The van der Waals surface area contributed by atoms with Crippen molar-refractivity contribution in [2.75, 3.05) is 14.1 Å². The molecule has 0 fully saturated rings. The zero-order valence-electron chi connectivity index (χ0n) is 90.5. The molecule has 6 heteroatoms. The molecule has 0 saturated carbocycles. The minimum atomic E-state index is 0.00387. The smallest absolute Gasteiger partial charge is 0.181 e. The number of nitrogens with zero attached hydrogens (tertiary/aromatic N) is 6. The number of aliphatic imine (C=N–C) groups is 4. The molecule has 0 saturated heterocycles.